The fourth-order valence-electron chi connectivity index (χ4n) is 3.07. The molecule has 36 heavy (non-hydrogen) atoms. The Morgan fingerprint density at radius 2 is 1.94 bits per heavy atom. The molecule has 190 valence electrons. The van der Waals surface area contributed by atoms with Crippen LogP contribution in [0.4, 0.5) is 11.4 Å². The van der Waals surface area contributed by atoms with Crippen molar-refractivity contribution in [3.05, 3.63) is 64.0 Å². The van der Waals surface area contributed by atoms with E-state index in [9.17, 15) is 24.8 Å². The van der Waals surface area contributed by atoms with E-state index in [1.165, 1.54) is 11.6 Å². The topological polar surface area (TPSA) is 162 Å². The first-order valence-electron chi connectivity index (χ1n) is 11.0. The minimum atomic E-state index is -0.740. The van der Waals surface area contributed by atoms with Crippen LogP contribution in [-0.4, -0.2) is 48.5 Å². The fourth-order valence-corrected chi connectivity index (χ4v) is 3.80. The molecule has 12 nitrogen and oxygen atoms in total. The number of hydrogen-bond donors (Lipinski definition) is 3. The van der Waals surface area contributed by atoms with Gasteiger partial charge in [0.15, 0.2) is 22.8 Å². The number of aromatic nitrogens is 3. The maximum Gasteiger partial charge on any atom is 0.312 e. The molecule has 3 rings (SSSR count). The van der Waals surface area contributed by atoms with Gasteiger partial charge in [0, 0.05) is 18.8 Å². The number of aromatic hydroxyl groups is 1. The maximum atomic E-state index is 12.4. The van der Waals surface area contributed by atoms with E-state index in [0.717, 1.165) is 30.3 Å². The van der Waals surface area contributed by atoms with Crippen molar-refractivity contribution in [3.8, 4) is 11.5 Å². The number of nitrogens with one attached hydrogen (secondary N) is 2. The van der Waals surface area contributed by atoms with Crippen LogP contribution in [0.3, 0.4) is 0 Å². The molecule has 2 amide bonds. The van der Waals surface area contributed by atoms with E-state index in [4.69, 9.17) is 4.74 Å². The number of hydrogen-bond acceptors (Lipinski definition) is 9. The summed E-state index contributed by atoms with van der Waals surface area (Å²) in [4.78, 5) is 34.9. The van der Waals surface area contributed by atoms with Crippen molar-refractivity contribution in [2.45, 2.75) is 38.1 Å². The zero-order chi connectivity index (χ0) is 26.2. The van der Waals surface area contributed by atoms with E-state index in [0.29, 0.717) is 16.7 Å². The normalized spacial score (nSPS) is 11.5. The number of carbonyl (C=O) groups excluding carboxylic acids is 2. The molecule has 0 aliphatic rings. The number of phenols is 1. The van der Waals surface area contributed by atoms with Gasteiger partial charge in [0.1, 0.15) is 5.75 Å². The third-order valence-electron chi connectivity index (χ3n) is 5.15. The first-order valence-corrected chi connectivity index (χ1v) is 12.0. The molecule has 0 unspecified atom stereocenters. The quantitative estimate of drug-likeness (QED) is 0.151. The number of amides is 2. The highest BCUT2D eigenvalue weighted by atomic mass is 32.2. The number of anilines is 1. The molecule has 0 bridgehead atoms. The first kappa shape index (κ1) is 26.5. The van der Waals surface area contributed by atoms with Crippen LogP contribution in [0.25, 0.3) is 0 Å². The Morgan fingerprint density at radius 3 is 2.61 bits per heavy atom. The highest BCUT2D eigenvalue weighted by Gasteiger charge is 2.18. The summed E-state index contributed by atoms with van der Waals surface area (Å²) in [7, 11) is 1.71. The number of nitrogens with zero attached hydrogens (tertiary/aromatic N) is 4. The minimum absolute atomic E-state index is 0.0330. The first-order chi connectivity index (χ1) is 17.2. The minimum Gasteiger partial charge on any atom is -0.502 e. The number of thioether (sulfide) groups is 1. The Labute approximate surface area is 211 Å². The number of benzene rings is 2. The molecule has 1 aromatic heterocycles. The number of ether oxygens (including phenoxy) is 1. The van der Waals surface area contributed by atoms with E-state index < -0.39 is 28.4 Å². The molecule has 0 aliphatic heterocycles. The van der Waals surface area contributed by atoms with Gasteiger partial charge in [0.2, 0.25) is 5.91 Å². The lowest BCUT2D eigenvalue weighted by Crippen LogP contribution is -2.36. The Bertz CT molecular complexity index is 1250. The van der Waals surface area contributed by atoms with Crippen molar-refractivity contribution in [2.75, 3.05) is 11.1 Å². The van der Waals surface area contributed by atoms with Crippen LogP contribution in [0.5, 0.6) is 11.5 Å². The van der Waals surface area contributed by atoms with Gasteiger partial charge >= 0.3 is 5.69 Å². The van der Waals surface area contributed by atoms with Crippen molar-refractivity contribution in [1.29, 1.82) is 0 Å². The zero-order valence-electron chi connectivity index (χ0n) is 19.9. The van der Waals surface area contributed by atoms with Crippen LogP contribution in [0.15, 0.2) is 47.6 Å². The molecule has 0 fully saturated rings. The lowest BCUT2D eigenvalue weighted by molar-refractivity contribution is -0.385. The standard InChI is InChI=1S/C23H26N6O6S/c1-4-15-5-8-17(9-6-15)35-14(2)22(32)24-12-20-26-27-23(28(20)3)36-13-21(31)25-16-7-10-19(30)18(11-16)29(33)34/h5-11,14,30H,4,12-13H2,1-3H3,(H,24,32)(H,25,31)/t14-/m1/s1. The lowest BCUT2D eigenvalue weighted by atomic mass is 10.2. The van der Waals surface area contributed by atoms with Gasteiger partial charge in [0.25, 0.3) is 5.91 Å². The molecule has 0 radical (unpaired) electrons. The predicted octanol–water partition coefficient (Wildman–Crippen LogP) is 2.81. The number of rotatable bonds is 11. The zero-order valence-corrected chi connectivity index (χ0v) is 20.7. The van der Waals surface area contributed by atoms with E-state index in [2.05, 4.69) is 27.8 Å². The van der Waals surface area contributed by atoms with E-state index in [1.807, 2.05) is 24.3 Å². The third kappa shape index (κ3) is 6.95. The third-order valence-corrected chi connectivity index (χ3v) is 6.17. The van der Waals surface area contributed by atoms with Gasteiger partial charge in [-0.2, -0.15) is 0 Å². The molecule has 13 heteroatoms. The molecular formula is C23H26N6O6S. The Balaban J connectivity index is 1.48. The highest BCUT2D eigenvalue weighted by molar-refractivity contribution is 7.99. The number of carbonyl (C=O) groups is 2. The SMILES string of the molecule is CCc1ccc(O[C@H](C)C(=O)NCc2nnc(SCC(=O)Nc3ccc(O)c([N+](=O)[O-])c3)n2C)cc1. The number of nitro groups is 1. The second-order valence-electron chi connectivity index (χ2n) is 7.73. The average Bonchev–Trinajstić information content (AvgIpc) is 3.21. The molecular weight excluding hydrogens is 488 g/mol. The van der Waals surface area contributed by atoms with Crippen molar-refractivity contribution in [3.63, 3.8) is 0 Å². The molecule has 0 spiro atoms. The fraction of sp³-hybridized carbons (Fsp3) is 0.304. The summed E-state index contributed by atoms with van der Waals surface area (Å²) in [6, 6.07) is 11.1. The summed E-state index contributed by atoms with van der Waals surface area (Å²) >= 11 is 1.11. The van der Waals surface area contributed by atoms with E-state index in [-0.39, 0.29) is 23.9 Å². The van der Waals surface area contributed by atoms with Crippen molar-refractivity contribution in [1.82, 2.24) is 20.1 Å². The van der Waals surface area contributed by atoms with Gasteiger partial charge in [-0.3, -0.25) is 19.7 Å². The van der Waals surface area contributed by atoms with Crippen LogP contribution >= 0.6 is 11.8 Å². The highest BCUT2D eigenvalue weighted by Crippen LogP contribution is 2.28. The molecule has 0 aliphatic carbocycles. The molecule has 2 aromatic carbocycles. The van der Waals surface area contributed by atoms with Crippen molar-refractivity contribution < 1.29 is 24.4 Å². The maximum absolute atomic E-state index is 12.4. The predicted molar refractivity (Wildman–Crippen MR) is 133 cm³/mol. The van der Waals surface area contributed by atoms with Crippen LogP contribution in [-0.2, 0) is 29.6 Å². The molecule has 1 atom stereocenters. The molecule has 3 aromatic rings. The summed E-state index contributed by atoms with van der Waals surface area (Å²) < 4.78 is 7.34. The summed E-state index contributed by atoms with van der Waals surface area (Å²) in [5, 5.41) is 34.3. The number of aryl methyl sites for hydroxylation is 1. The Hall–Kier alpha value is -4.13. The summed E-state index contributed by atoms with van der Waals surface area (Å²) in [6.07, 6.45) is 0.210. The second-order valence-corrected chi connectivity index (χ2v) is 8.67. The van der Waals surface area contributed by atoms with Gasteiger partial charge in [-0.25, -0.2) is 0 Å². The summed E-state index contributed by atoms with van der Waals surface area (Å²) in [6.45, 7) is 3.84. The van der Waals surface area contributed by atoms with Gasteiger partial charge in [-0.15, -0.1) is 10.2 Å². The number of phenolic OH excluding ortho intramolecular Hbond substituents is 1. The van der Waals surface area contributed by atoms with Crippen molar-refractivity contribution >= 4 is 35.0 Å². The number of nitro benzene ring substituents is 1. The second kappa shape index (κ2) is 12.0. The molecule has 1 heterocycles. The van der Waals surface area contributed by atoms with Crippen LogP contribution < -0.4 is 15.4 Å². The van der Waals surface area contributed by atoms with Crippen molar-refractivity contribution in [2.24, 2.45) is 7.05 Å². The van der Waals surface area contributed by atoms with Gasteiger partial charge in [0.05, 0.1) is 17.2 Å². The van der Waals surface area contributed by atoms with E-state index >= 15 is 0 Å². The molecule has 0 saturated carbocycles. The van der Waals surface area contributed by atoms with Crippen LogP contribution in [0.1, 0.15) is 25.2 Å². The van der Waals surface area contributed by atoms with E-state index in [1.54, 1.807) is 18.5 Å². The average molecular weight is 515 g/mol. The Kier molecular flexibility index (Phi) is 8.84. The van der Waals surface area contributed by atoms with Gasteiger partial charge in [-0.05, 0) is 43.2 Å². The van der Waals surface area contributed by atoms with Crippen LogP contribution in [0, 0.1) is 10.1 Å². The lowest BCUT2D eigenvalue weighted by Gasteiger charge is -2.15. The molecule has 3 N–H and O–H groups in total. The summed E-state index contributed by atoms with van der Waals surface area (Å²) in [5.74, 6) is -0.163. The van der Waals surface area contributed by atoms with Gasteiger partial charge < -0.3 is 25.0 Å². The van der Waals surface area contributed by atoms with Gasteiger partial charge in [-0.1, -0.05) is 30.8 Å². The monoisotopic (exact) mass is 514 g/mol. The largest absolute Gasteiger partial charge is 0.502 e. The summed E-state index contributed by atoms with van der Waals surface area (Å²) in [5.41, 5.74) is 0.857. The van der Waals surface area contributed by atoms with Crippen LogP contribution in [0.2, 0.25) is 0 Å². The smallest absolute Gasteiger partial charge is 0.312 e. The Morgan fingerprint density at radius 1 is 1.22 bits per heavy atom. The molecule has 0 saturated heterocycles.